The fraction of sp³-hybridized carbons (Fsp3) is 0.545. The molecule has 1 N–H and O–H groups in total. The van der Waals surface area contributed by atoms with Gasteiger partial charge in [-0.05, 0) is 64.4 Å². The Bertz CT molecular complexity index is 808. The van der Waals surface area contributed by atoms with E-state index < -0.39 is 0 Å². The summed E-state index contributed by atoms with van der Waals surface area (Å²) >= 11 is 0. The van der Waals surface area contributed by atoms with Crippen LogP contribution in [0, 0.1) is 13.8 Å². The lowest BCUT2D eigenvalue weighted by atomic mass is 10.1. The van der Waals surface area contributed by atoms with Gasteiger partial charge in [-0.2, -0.15) is 0 Å². The Morgan fingerprint density at radius 1 is 1.28 bits per heavy atom. The van der Waals surface area contributed by atoms with E-state index >= 15 is 0 Å². The first-order valence-electron chi connectivity index (χ1n) is 10.3. The number of rotatable bonds is 9. The molecular formula is C22H31N3O4. The first-order valence-corrected chi connectivity index (χ1v) is 10.3. The summed E-state index contributed by atoms with van der Waals surface area (Å²) in [5.41, 5.74) is 2.28. The van der Waals surface area contributed by atoms with E-state index in [4.69, 9.17) is 14.0 Å². The van der Waals surface area contributed by atoms with Crippen molar-refractivity contribution in [1.29, 1.82) is 0 Å². The zero-order valence-electron chi connectivity index (χ0n) is 17.8. The number of aromatic nitrogens is 1. The minimum absolute atomic E-state index is 0.0989. The molecule has 1 aliphatic heterocycles. The molecule has 0 radical (unpaired) electrons. The van der Waals surface area contributed by atoms with Crippen molar-refractivity contribution in [3.8, 4) is 11.5 Å². The van der Waals surface area contributed by atoms with Gasteiger partial charge in [-0.25, -0.2) is 0 Å². The predicted molar refractivity (Wildman–Crippen MR) is 111 cm³/mol. The van der Waals surface area contributed by atoms with Crippen molar-refractivity contribution in [2.24, 2.45) is 0 Å². The number of likely N-dealkylation sites (tertiary alicyclic amines) is 1. The molecule has 1 atom stereocenters. The number of amides is 1. The summed E-state index contributed by atoms with van der Waals surface area (Å²) in [6.07, 6.45) is 3.52. The number of hydrogen-bond donors (Lipinski definition) is 1. The topological polar surface area (TPSA) is 76.8 Å². The number of carbonyl (C=O) groups is 1. The first kappa shape index (κ1) is 21.2. The maximum atomic E-state index is 12.6. The molecule has 1 unspecified atom stereocenters. The molecule has 1 amide bonds. The number of hydrogen-bond acceptors (Lipinski definition) is 6. The summed E-state index contributed by atoms with van der Waals surface area (Å²) in [6, 6.07) is 5.64. The van der Waals surface area contributed by atoms with Crippen LogP contribution in [0.25, 0.3) is 0 Å². The minimum Gasteiger partial charge on any atom is -0.493 e. The van der Waals surface area contributed by atoms with E-state index in [-0.39, 0.29) is 5.91 Å². The number of carbonyl (C=O) groups excluding carboxylic acids is 1. The Hall–Kier alpha value is -2.54. The van der Waals surface area contributed by atoms with Gasteiger partial charge in [-0.15, -0.1) is 0 Å². The van der Waals surface area contributed by atoms with Gasteiger partial charge in [0.1, 0.15) is 12.4 Å². The van der Waals surface area contributed by atoms with Gasteiger partial charge in [0.2, 0.25) is 0 Å². The average Bonchev–Trinajstić information content (AvgIpc) is 3.37. The van der Waals surface area contributed by atoms with Crippen LogP contribution in [0.5, 0.6) is 11.5 Å². The highest BCUT2D eigenvalue weighted by molar-refractivity contribution is 5.94. The molecule has 1 fully saturated rings. The Labute approximate surface area is 172 Å². The summed E-state index contributed by atoms with van der Waals surface area (Å²) in [6.45, 7) is 9.14. The molecule has 3 rings (SSSR count). The Balaban J connectivity index is 1.62. The Morgan fingerprint density at radius 2 is 2.03 bits per heavy atom. The molecular weight excluding hydrogens is 370 g/mol. The van der Waals surface area contributed by atoms with Gasteiger partial charge in [0, 0.05) is 18.2 Å². The Kier molecular flexibility index (Phi) is 7.14. The zero-order valence-corrected chi connectivity index (χ0v) is 17.8. The number of benzene rings is 1. The fourth-order valence-electron chi connectivity index (χ4n) is 3.74. The van der Waals surface area contributed by atoms with Crippen molar-refractivity contribution >= 4 is 5.91 Å². The van der Waals surface area contributed by atoms with E-state index in [1.54, 1.807) is 25.3 Å². The van der Waals surface area contributed by atoms with Crippen LogP contribution < -0.4 is 14.8 Å². The van der Waals surface area contributed by atoms with Gasteiger partial charge in [-0.3, -0.25) is 9.69 Å². The van der Waals surface area contributed by atoms with Gasteiger partial charge < -0.3 is 19.3 Å². The van der Waals surface area contributed by atoms with Crippen molar-refractivity contribution in [2.45, 2.75) is 52.7 Å². The normalized spacial score (nSPS) is 15.3. The molecule has 1 aliphatic rings. The van der Waals surface area contributed by atoms with Crippen molar-refractivity contribution in [2.75, 3.05) is 26.7 Å². The molecule has 2 heterocycles. The fourth-order valence-corrected chi connectivity index (χ4v) is 3.74. The van der Waals surface area contributed by atoms with Crippen molar-refractivity contribution < 1.29 is 18.8 Å². The lowest BCUT2D eigenvalue weighted by Gasteiger charge is -2.26. The highest BCUT2D eigenvalue weighted by Crippen LogP contribution is 2.29. The van der Waals surface area contributed by atoms with Gasteiger partial charge in [0.25, 0.3) is 5.91 Å². The lowest BCUT2D eigenvalue weighted by molar-refractivity contribution is 0.0936. The molecule has 0 saturated carbocycles. The standard InChI is InChI=1S/C22H31N3O4/c1-5-18(25-10-6-7-11-25)13-23-22(26)17-8-9-20(21(12-17)27-4)28-14-19-15(2)24-29-16(19)3/h8-9,12,18H,5-7,10-11,13-14H2,1-4H3,(H,23,26). The summed E-state index contributed by atoms with van der Waals surface area (Å²) < 4.78 is 16.5. The molecule has 1 saturated heterocycles. The van der Waals surface area contributed by atoms with Crippen LogP contribution in [0.1, 0.15) is 53.6 Å². The van der Waals surface area contributed by atoms with E-state index in [2.05, 4.69) is 22.3 Å². The van der Waals surface area contributed by atoms with Gasteiger partial charge in [0.15, 0.2) is 11.5 Å². The van der Waals surface area contributed by atoms with Crippen LogP contribution in [-0.2, 0) is 6.61 Å². The maximum Gasteiger partial charge on any atom is 0.251 e. The third-order valence-electron chi connectivity index (χ3n) is 5.61. The smallest absolute Gasteiger partial charge is 0.251 e. The average molecular weight is 402 g/mol. The third kappa shape index (κ3) is 5.09. The predicted octanol–water partition coefficient (Wildman–Crippen LogP) is 3.48. The van der Waals surface area contributed by atoms with Crippen molar-refractivity contribution in [1.82, 2.24) is 15.4 Å². The molecule has 7 nitrogen and oxygen atoms in total. The number of aryl methyl sites for hydroxylation is 2. The van der Waals surface area contributed by atoms with Crippen LogP contribution in [0.15, 0.2) is 22.7 Å². The molecule has 2 aromatic rings. The highest BCUT2D eigenvalue weighted by Gasteiger charge is 2.21. The van der Waals surface area contributed by atoms with Crippen molar-refractivity contribution in [3.05, 3.63) is 40.8 Å². The summed E-state index contributed by atoms with van der Waals surface area (Å²) in [4.78, 5) is 15.1. The molecule has 29 heavy (non-hydrogen) atoms. The minimum atomic E-state index is -0.0989. The Morgan fingerprint density at radius 3 is 2.66 bits per heavy atom. The quantitative estimate of drug-likeness (QED) is 0.693. The SMILES string of the molecule is CCC(CNC(=O)c1ccc(OCc2c(C)noc2C)c(OC)c1)N1CCCC1. The van der Waals surface area contributed by atoms with Gasteiger partial charge in [-0.1, -0.05) is 12.1 Å². The van der Waals surface area contributed by atoms with E-state index in [1.807, 2.05) is 13.8 Å². The first-order chi connectivity index (χ1) is 14.0. The molecule has 0 spiro atoms. The molecule has 0 aliphatic carbocycles. The second-order valence-electron chi connectivity index (χ2n) is 7.47. The molecule has 1 aromatic carbocycles. The number of methoxy groups -OCH3 is 1. The zero-order chi connectivity index (χ0) is 20.8. The largest absolute Gasteiger partial charge is 0.493 e. The van der Waals surface area contributed by atoms with E-state index in [1.165, 1.54) is 12.8 Å². The highest BCUT2D eigenvalue weighted by atomic mass is 16.5. The third-order valence-corrected chi connectivity index (χ3v) is 5.61. The second-order valence-corrected chi connectivity index (χ2v) is 7.47. The number of nitrogens with zero attached hydrogens (tertiary/aromatic N) is 2. The second kappa shape index (κ2) is 9.78. The van der Waals surface area contributed by atoms with Crippen molar-refractivity contribution in [3.63, 3.8) is 0 Å². The number of nitrogens with one attached hydrogen (secondary N) is 1. The van der Waals surface area contributed by atoms with Crippen LogP contribution in [0.3, 0.4) is 0 Å². The summed E-state index contributed by atoms with van der Waals surface area (Å²) in [5.74, 6) is 1.74. The van der Waals surface area contributed by atoms with E-state index in [0.29, 0.717) is 36.3 Å². The lowest BCUT2D eigenvalue weighted by Crippen LogP contribution is -2.42. The van der Waals surface area contributed by atoms with Gasteiger partial charge in [0.05, 0.1) is 18.4 Å². The summed E-state index contributed by atoms with van der Waals surface area (Å²) in [7, 11) is 1.57. The molecule has 7 heteroatoms. The van der Waals surface area contributed by atoms with Gasteiger partial charge >= 0.3 is 0 Å². The van der Waals surface area contributed by atoms with Crippen LogP contribution >= 0.6 is 0 Å². The molecule has 1 aromatic heterocycles. The molecule has 158 valence electrons. The maximum absolute atomic E-state index is 12.6. The molecule has 0 bridgehead atoms. The number of ether oxygens (including phenoxy) is 2. The van der Waals surface area contributed by atoms with Crippen LogP contribution in [0.4, 0.5) is 0 Å². The monoisotopic (exact) mass is 401 g/mol. The van der Waals surface area contributed by atoms with E-state index in [0.717, 1.165) is 36.5 Å². The summed E-state index contributed by atoms with van der Waals surface area (Å²) in [5, 5.41) is 7.01. The van der Waals surface area contributed by atoms with Crippen LogP contribution in [-0.4, -0.2) is 48.7 Å². The van der Waals surface area contributed by atoms with Crippen LogP contribution in [0.2, 0.25) is 0 Å². The van der Waals surface area contributed by atoms with E-state index in [9.17, 15) is 4.79 Å².